The monoisotopic (exact) mass is 635 g/mol. The van der Waals surface area contributed by atoms with Crippen LogP contribution < -0.4 is 26.6 Å². The Labute approximate surface area is 262 Å². The molecule has 4 atom stereocenters. The fourth-order valence-corrected chi connectivity index (χ4v) is 4.75. The van der Waals surface area contributed by atoms with Gasteiger partial charge in [0.15, 0.2) is 0 Å². The van der Waals surface area contributed by atoms with Crippen molar-refractivity contribution in [3.05, 3.63) is 29.8 Å². The lowest BCUT2D eigenvalue weighted by atomic mass is 10.0. The van der Waals surface area contributed by atoms with E-state index in [-0.39, 0.29) is 25.0 Å². The number of carbonyl (C=O) groups is 5. The second-order valence-electron chi connectivity index (χ2n) is 13.3. The number of rotatable bonds is 17. The molecule has 1 aromatic rings. The number of hydrogen-bond acceptors (Lipinski definition) is 7. The molecule has 5 amide bonds. The van der Waals surface area contributed by atoms with Crippen molar-refractivity contribution in [1.82, 2.24) is 21.3 Å². The van der Waals surface area contributed by atoms with Gasteiger partial charge in [0.05, 0.1) is 13.2 Å². The van der Waals surface area contributed by atoms with Crippen LogP contribution in [0.2, 0.25) is 25.7 Å². The van der Waals surface area contributed by atoms with Gasteiger partial charge in [-0.2, -0.15) is 0 Å². The molecule has 0 bridgehead atoms. The maximum Gasteiger partial charge on any atom is 0.407 e. The van der Waals surface area contributed by atoms with E-state index < -0.39 is 62.0 Å². The Hall–Kier alpha value is -3.45. The molecule has 12 nitrogen and oxygen atoms in total. The van der Waals surface area contributed by atoms with E-state index in [0.29, 0.717) is 24.1 Å². The van der Waals surface area contributed by atoms with Gasteiger partial charge in [-0.05, 0) is 62.3 Å². The first-order valence-corrected chi connectivity index (χ1v) is 19.0. The number of hydrogen-bond donors (Lipinski definition) is 6. The summed E-state index contributed by atoms with van der Waals surface area (Å²) in [4.78, 5) is 64.3. The van der Waals surface area contributed by atoms with Gasteiger partial charge in [-0.3, -0.25) is 19.2 Å². The van der Waals surface area contributed by atoms with Gasteiger partial charge in [0.2, 0.25) is 23.6 Å². The maximum absolute atomic E-state index is 13.2. The van der Waals surface area contributed by atoms with Crippen LogP contribution in [0, 0.1) is 11.8 Å². The van der Waals surface area contributed by atoms with E-state index in [0.717, 1.165) is 6.04 Å². The number of aliphatic hydroxyl groups is 1. The quantitative estimate of drug-likeness (QED) is 0.143. The minimum Gasteiger partial charge on any atom is -0.450 e. The Balaban J connectivity index is 2.81. The molecule has 44 heavy (non-hydrogen) atoms. The lowest BCUT2D eigenvalue weighted by Gasteiger charge is -2.25. The van der Waals surface area contributed by atoms with Crippen LogP contribution in [0.5, 0.6) is 0 Å². The third-order valence-electron chi connectivity index (χ3n) is 6.65. The molecule has 0 aliphatic rings. The van der Waals surface area contributed by atoms with Crippen LogP contribution in [0.1, 0.15) is 59.9 Å². The molecule has 0 aliphatic carbocycles. The molecule has 6 N–H and O–H groups in total. The van der Waals surface area contributed by atoms with Crippen LogP contribution in [0.15, 0.2) is 24.3 Å². The number of aliphatic hydroxyl groups excluding tert-OH is 1. The maximum atomic E-state index is 13.2. The first-order chi connectivity index (χ1) is 20.4. The van der Waals surface area contributed by atoms with Gasteiger partial charge in [-0.25, -0.2) is 4.79 Å². The summed E-state index contributed by atoms with van der Waals surface area (Å²) in [5.74, 6) is -1.96. The average Bonchev–Trinajstić information content (AvgIpc) is 2.91. The van der Waals surface area contributed by atoms with Crippen molar-refractivity contribution in [3.63, 3.8) is 0 Å². The highest BCUT2D eigenvalue weighted by atomic mass is 28.3. The van der Waals surface area contributed by atoms with E-state index in [1.54, 1.807) is 24.3 Å². The van der Waals surface area contributed by atoms with Crippen LogP contribution >= 0.6 is 0 Å². The van der Waals surface area contributed by atoms with E-state index in [1.165, 1.54) is 13.8 Å². The lowest BCUT2D eigenvalue weighted by molar-refractivity contribution is -0.133. The number of ether oxygens (including phenoxy) is 1. The summed E-state index contributed by atoms with van der Waals surface area (Å²) in [5, 5.41) is 22.5. The zero-order chi connectivity index (χ0) is 33.6. The fourth-order valence-electron chi connectivity index (χ4n) is 4.04. The SMILES string of the molecule is CC(C)C[C@H](NC(=O)[C@H](C)NC(=O)OCC[Si](C)(C)C)C(=O)N[C@@H](C)C(=O)N[C@H](CC(C)C)C(=O)Nc1ccc(CO)cc1. The normalized spacial score (nSPS) is 14.2. The summed E-state index contributed by atoms with van der Waals surface area (Å²) in [7, 11) is -1.38. The molecular formula is C31H53N5O7Si. The fraction of sp³-hybridized carbons (Fsp3) is 0.645. The van der Waals surface area contributed by atoms with Crippen LogP contribution in [0.25, 0.3) is 0 Å². The molecule has 0 saturated carbocycles. The van der Waals surface area contributed by atoms with Crippen molar-refractivity contribution in [3.8, 4) is 0 Å². The van der Waals surface area contributed by atoms with Crippen molar-refractivity contribution >= 4 is 43.5 Å². The van der Waals surface area contributed by atoms with Crippen molar-refractivity contribution in [2.45, 2.75) is 111 Å². The van der Waals surface area contributed by atoms with E-state index >= 15 is 0 Å². The molecule has 13 heteroatoms. The first-order valence-electron chi connectivity index (χ1n) is 15.3. The van der Waals surface area contributed by atoms with Crippen molar-refractivity contribution in [2.24, 2.45) is 11.8 Å². The molecule has 1 rings (SSSR count). The van der Waals surface area contributed by atoms with Gasteiger partial charge in [0.1, 0.15) is 24.2 Å². The molecule has 248 valence electrons. The molecule has 0 radical (unpaired) electrons. The Morgan fingerprint density at radius 2 is 1.18 bits per heavy atom. The zero-order valence-corrected chi connectivity index (χ0v) is 28.7. The summed E-state index contributed by atoms with van der Waals surface area (Å²) < 4.78 is 5.19. The number of carbonyl (C=O) groups excluding carboxylic acids is 5. The van der Waals surface area contributed by atoms with Crippen LogP contribution in [-0.2, 0) is 30.5 Å². The van der Waals surface area contributed by atoms with Crippen molar-refractivity contribution in [2.75, 3.05) is 11.9 Å². The third-order valence-corrected chi connectivity index (χ3v) is 8.35. The predicted molar refractivity (Wildman–Crippen MR) is 173 cm³/mol. The number of nitrogens with one attached hydrogen (secondary N) is 5. The minimum absolute atomic E-state index is 0.0375. The lowest BCUT2D eigenvalue weighted by Crippen LogP contribution is -2.57. The summed E-state index contributed by atoms with van der Waals surface area (Å²) >= 11 is 0. The third kappa shape index (κ3) is 15.3. The first kappa shape index (κ1) is 38.6. The standard InChI is InChI=1S/C31H53N5O7Si/c1-19(2)16-25(35-28(39)22(6)33-31(42)43-14-15-44(7,8)9)29(40)32-21(5)27(38)36-26(17-20(3)4)30(41)34-24-12-10-23(18-37)11-13-24/h10-13,19-22,25-26,37H,14-18H2,1-9H3,(H,32,40)(H,33,42)(H,34,41)(H,35,39)(H,36,38)/t21-,22-,25-,26+/m0/s1. The summed E-state index contributed by atoms with van der Waals surface area (Å²) in [6.45, 7) is 17.3. The summed E-state index contributed by atoms with van der Waals surface area (Å²) in [6.07, 6.45) is -0.0415. The Morgan fingerprint density at radius 3 is 1.64 bits per heavy atom. The number of alkyl carbamates (subject to hydrolysis) is 1. The van der Waals surface area contributed by atoms with Gasteiger partial charge < -0.3 is 36.4 Å². The minimum atomic E-state index is -1.38. The van der Waals surface area contributed by atoms with Crippen LogP contribution in [-0.4, -0.2) is 73.7 Å². The Kier molecular flexibility index (Phi) is 16.1. The highest BCUT2D eigenvalue weighted by Gasteiger charge is 2.29. The van der Waals surface area contributed by atoms with Crippen molar-refractivity contribution < 1.29 is 33.8 Å². The van der Waals surface area contributed by atoms with Gasteiger partial charge in [0.25, 0.3) is 0 Å². The van der Waals surface area contributed by atoms with Crippen LogP contribution in [0.4, 0.5) is 10.5 Å². The molecule has 0 spiro atoms. The van der Waals surface area contributed by atoms with Gasteiger partial charge >= 0.3 is 6.09 Å². The highest BCUT2D eigenvalue weighted by Crippen LogP contribution is 2.13. The second-order valence-corrected chi connectivity index (χ2v) is 18.9. The molecular weight excluding hydrogens is 582 g/mol. The number of anilines is 1. The molecule has 0 unspecified atom stereocenters. The average molecular weight is 636 g/mol. The Morgan fingerprint density at radius 1 is 0.705 bits per heavy atom. The van der Waals surface area contributed by atoms with E-state index in [2.05, 4.69) is 46.2 Å². The topological polar surface area (TPSA) is 175 Å². The van der Waals surface area contributed by atoms with Gasteiger partial charge in [-0.1, -0.05) is 59.5 Å². The number of amides is 5. The molecule has 0 heterocycles. The van der Waals surface area contributed by atoms with Crippen LogP contribution in [0.3, 0.4) is 0 Å². The van der Waals surface area contributed by atoms with E-state index in [9.17, 15) is 29.1 Å². The summed E-state index contributed by atoms with van der Waals surface area (Å²) in [5.41, 5.74) is 1.22. The smallest absolute Gasteiger partial charge is 0.407 e. The highest BCUT2D eigenvalue weighted by molar-refractivity contribution is 6.76. The Bertz CT molecular complexity index is 1110. The van der Waals surface area contributed by atoms with E-state index in [4.69, 9.17) is 4.74 Å². The molecule has 0 aromatic heterocycles. The molecule has 0 saturated heterocycles. The number of benzene rings is 1. The molecule has 1 aromatic carbocycles. The largest absolute Gasteiger partial charge is 0.450 e. The van der Waals surface area contributed by atoms with Gasteiger partial charge in [-0.15, -0.1) is 0 Å². The second kappa shape index (κ2) is 18.4. The summed E-state index contributed by atoms with van der Waals surface area (Å²) in [6, 6.07) is 3.73. The zero-order valence-electron chi connectivity index (χ0n) is 27.7. The predicted octanol–water partition coefficient (Wildman–Crippen LogP) is 3.14. The molecule has 0 fully saturated rings. The van der Waals surface area contributed by atoms with Gasteiger partial charge in [0, 0.05) is 13.8 Å². The molecule has 0 aliphatic heterocycles. The van der Waals surface area contributed by atoms with E-state index in [1.807, 2.05) is 27.7 Å². The van der Waals surface area contributed by atoms with Crippen molar-refractivity contribution in [1.29, 1.82) is 0 Å².